The van der Waals surface area contributed by atoms with E-state index in [1.165, 1.54) is 26.0 Å². The number of thioether (sulfide) groups is 1. The van der Waals surface area contributed by atoms with Crippen molar-refractivity contribution < 1.29 is 23.9 Å². The second kappa shape index (κ2) is 15.4. The molecule has 10 heteroatoms. The van der Waals surface area contributed by atoms with Crippen molar-refractivity contribution in [1.82, 2.24) is 5.32 Å². The Morgan fingerprint density at radius 2 is 1.49 bits per heavy atom. The summed E-state index contributed by atoms with van der Waals surface area (Å²) < 4.78 is 10.6. The fourth-order valence-corrected chi connectivity index (χ4v) is 5.94. The molecule has 1 atom stereocenters. The first kappa shape index (κ1) is 33.1. The molecule has 5 aromatic rings. The Hall–Kier alpha value is -5.25. The fraction of sp³-hybridized carbons (Fsp3) is 0.108. The number of hydrogen-bond donors (Lipinski definition) is 3. The van der Waals surface area contributed by atoms with Crippen molar-refractivity contribution in [1.29, 1.82) is 0 Å². The van der Waals surface area contributed by atoms with E-state index in [1.807, 2.05) is 54.6 Å². The van der Waals surface area contributed by atoms with Crippen LogP contribution in [0.3, 0.4) is 0 Å². The molecule has 5 rings (SSSR count). The van der Waals surface area contributed by atoms with Crippen LogP contribution in [0.4, 0.5) is 11.4 Å². The zero-order valence-electron chi connectivity index (χ0n) is 25.9. The Morgan fingerprint density at radius 3 is 2.26 bits per heavy atom. The van der Waals surface area contributed by atoms with Crippen LogP contribution < -0.4 is 25.4 Å². The first-order chi connectivity index (χ1) is 22.7. The normalized spacial score (nSPS) is 11.8. The summed E-state index contributed by atoms with van der Waals surface area (Å²) in [5, 5.41) is 10.3. The van der Waals surface area contributed by atoms with Gasteiger partial charge in [0, 0.05) is 22.2 Å². The molecular formula is C37H32ClN3O5S. The molecule has 47 heavy (non-hydrogen) atoms. The van der Waals surface area contributed by atoms with Gasteiger partial charge in [0.05, 0.1) is 30.2 Å². The second-order valence-electron chi connectivity index (χ2n) is 10.4. The molecule has 238 valence electrons. The molecule has 0 saturated heterocycles. The van der Waals surface area contributed by atoms with E-state index >= 15 is 0 Å². The van der Waals surface area contributed by atoms with Crippen LogP contribution in [0.2, 0.25) is 5.02 Å². The number of benzene rings is 5. The minimum Gasteiger partial charge on any atom is -0.495 e. The lowest BCUT2D eigenvalue weighted by atomic mass is 10.0. The van der Waals surface area contributed by atoms with E-state index in [2.05, 4.69) is 16.0 Å². The molecule has 0 heterocycles. The van der Waals surface area contributed by atoms with Crippen LogP contribution in [0.15, 0.2) is 120 Å². The number of hydrogen-bond acceptors (Lipinski definition) is 6. The molecule has 0 aromatic heterocycles. The number of amides is 3. The number of nitrogens with one attached hydrogen (secondary N) is 3. The first-order valence-corrected chi connectivity index (χ1v) is 15.9. The van der Waals surface area contributed by atoms with Gasteiger partial charge in [-0.15, -0.1) is 11.8 Å². The van der Waals surface area contributed by atoms with Crippen molar-refractivity contribution in [2.75, 3.05) is 24.9 Å². The number of carbonyl (C=O) groups is 3. The van der Waals surface area contributed by atoms with E-state index in [9.17, 15) is 14.4 Å². The van der Waals surface area contributed by atoms with Gasteiger partial charge in [0.25, 0.3) is 11.8 Å². The zero-order chi connectivity index (χ0) is 33.3. The van der Waals surface area contributed by atoms with Crippen molar-refractivity contribution in [3.63, 3.8) is 0 Å². The van der Waals surface area contributed by atoms with Crippen LogP contribution >= 0.6 is 23.4 Å². The maximum absolute atomic E-state index is 13.7. The number of carbonyl (C=O) groups excluding carboxylic acids is 3. The maximum Gasteiger partial charge on any atom is 0.272 e. The summed E-state index contributed by atoms with van der Waals surface area (Å²) in [5.41, 5.74) is 2.19. The van der Waals surface area contributed by atoms with Gasteiger partial charge in [-0.2, -0.15) is 0 Å². The van der Waals surface area contributed by atoms with Crippen LogP contribution in [0.1, 0.15) is 22.8 Å². The van der Waals surface area contributed by atoms with E-state index in [1.54, 1.807) is 67.6 Å². The van der Waals surface area contributed by atoms with Crippen molar-refractivity contribution >= 4 is 69.3 Å². The zero-order valence-corrected chi connectivity index (χ0v) is 27.4. The minimum absolute atomic E-state index is 0.0770. The first-order valence-electron chi connectivity index (χ1n) is 14.6. The molecule has 1 unspecified atom stereocenters. The third-order valence-electron chi connectivity index (χ3n) is 7.16. The number of halogens is 1. The van der Waals surface area contributed by atoms with Crippen molar-refractivity contribution in [3.8, 4) is 11.5 Å². The molecule has 0 aliphatic rings. The highest BCUT2D eigenvalue weighted by molar-refractivity contribution is 8.00. The molecule has 5 aromatic carbocycles. The molecule has 0 spiro atoms. The number of rotatable bonds is 11. The molecule has 0 radical (unpaired) electrons. The summed E-state index contributed by atoms with van der Waals surface area (Å²) in [6, 6.07) is 32.6. The van der Waals surface area contributed by atoms with Crippen molar-refractivity contribution in [3.05, 3.63) is 131 Å². The highest BCUT2D eigenvalue weighted by Gasteiger charge is 2.20. The molecule has 0 aliphatic heterocycles. The average Bonchev–Trinajstić information content (AvgIpc) is 3.08. The largest absolute Gasteiger partial charge is 0.495 e. The Kier molecular flexibility index (Phi) is 10.8. The summed E-state index contributed by atoms with van der Waals surface area (Å²) in [4.78, 5) is 40.7. The van der Waals surface area contributed by atoms with Gasteiger partial charge >= 0.3 is 0 Å². The Balaban J connectivity index is 1.34. The number of anilines is 2. The lowest BCUT2D eigenvalue weighted by molar-refractivity contribution is -0.115. The van der Waals surface area contributed by atoms with E-state index < -0.39 is 17.1 Å². The molecule has 0 bridgehead atoms. The minimum atomic E-state index is -0.515. The second-order valence-corrected chi connectivity index (χ2v) is 12.2. The van der Waals surface area contributed by atoms with Crippen LogP contribution in [0, 0.1) is 0 Å². The van der Waals surface area contributed by atoms with Crippen molar-refractivity contribution in [2.45, 2.75) is 17.1 Å². The smallest absolute Gasteiger partial charge is 0.272 e. The maximum atomic E-state index is 13.7. The Morgan fingerprint density at radius 1 is 0.787 bits per heavy atom. The third kappa shape index (κ3) is 8.32. The van der Waals surface area contributed by atoms with Gasteiger partial charge in [-0.1, -0.05) is 78.3 Å². The SMILES string of the molecule is COc1cc(OC)c(NC(=O)C(C)Sc2cccc(NC(=O)/C(=C\c3cccc4ccccc34)NC(=O)c3ccccc3)c2)cc1Cl. The molecule has 8 nitrogen and oxygen atoms in total. The fourth-order valence-electron chi connectivity index (χ4n) is 4.77. The quantitative estimate of drug-likeness (QED) is 0.0974. The van der Waals surface area contributed by atoms with Gasteiger partial charge in [0.15, 0.2) is 0 Å². The topological polar surface area (TPSA) is 106 Å². The lowest BCUT2D eigenvalue weighted by Gasteiger charge is -2.16. The standard InChI is InChI=1S/C37H32ClN3O5S/c1-23(35(42)40-31-21-30(38)33(45-2)22-34(31)46-3)47-28-17-10-16-27(20-28)39-37(44)32(41-36(43)25-12-5-4-6-13-25)19-26-15-9-14-24-11-7-8-18-29(24)26/h4-23H,1-3H3,(H,39,44)(H,40,42)(H,41,43)/b32-19+. The monoisotopic (exact) mass is 665 g/mol. The highest BCUT2D eigenvalue weighted by Crippen LogP contribution is 2.36. The van der Waals surface area contributed by atoms with E-state index in [4.69, 9.17) is 21.1 Å². The van der Waals surface area contributed by atoms with Crippen LogP contribution in [-0.4, -0.2) is 37.2 Å². The predicted octanol–water partition coefficient (Wildman–Crippen LogP) is 8.04. The molecule has 0 aliphatic carbocycles. The molecule has 3 N–H and O–H groups in total. The van der Waals surface area contributed by atoms with Gasteiger partial charge < -0.3 is 25.4 Å². The number of methoxy groups -OCH3 is 2. The molecule has 0 fully saturated rings. The summed E-state index contributed by atoms with van der Waals surface area (Å²) in [6.07, 6.45) is 1.67. The number of ether oxygens (including phenoxy) is 2. The van der Waals surface area contributed by atoms with Gasteiger partial charge in [-0.05, 0) is 65.7 Å². The molecule has 3 amide bonds. The van der Waals surface area contributed by atoms with Crippen LogP contribution in [-0.2, 0) is 9.59 Å². The van der Waals surface area contributed by atoms with Gasteiger partial charge in [0.1, 0.15) is 17.2 Å². The van der Waals surface area contributed by atoms with Crippen LogP contribution in [0.5, 0.6) is 11.5 Å². The summed E-state index contributed by atoms with van der Waals surface area (Å²) in [6.45, 7) is 1.77. The van der Waals surface area contributed by atoms with Gasteiger partial charge in [-0.3, -0.25) is 14.4 Å². The van der Waals surface area contributed by atoms with E-state index in [0.717, 1.165) is 21.2 Å². The Labute approximate surface area is 282 Å². The van der Waals surface area contributed by atoms with E-state index in [0.29, 0.717) is 33.5 Å². The van der Waals surface area contributed by atoms with Gasteiger partial charge in [0.2, 0.25) is 5.91 Å². The average molecular weight is 666 g/mol. The third-order valence-corrected chi connectivity index (χ3v) is 8.55. The summed E-state index contributed by atoms with van der Waals surface area (Å²) in [5.74, 6) is -0.344. The summed E-state index contributed by atoms with van der Waals surface area (Å²) >= 11 is 7.58. The number of fused-ring (bicyclic) bond motifs is 1. The highest BCUT2D eigenvalue weighted by atomic mass is 35.5. The molecule has 0 saturated carbocycles. The Bertz CT molecular complexity index is 1960. The summed E-state index contributed by atoms with van der Waals surface area (Å²) in [7, 11) is 2.99. The molecular weight excluding hydrogens is 634 g/mol. The van der Waals surface area contributed by atoms with Crippen LogP contribution in [0.25, 0.3) is 16.8 Å². The lowest BCUT2D eigenvalue weighted by Crippen LogP contribution is -2.30. The van der Waals surface area contributed by atoms with Gasteiger partial charge in [-0.25, -0.2) is 0 Å². The van der Waals surface area contributed by atoms with E-state index in [-0.39, 0.29) is 11.6 Å². The predicted molar refractivity (Wildman–Crippen MR) is 189 cm³/mol. The van der Waals surface area contributed by atoms with Crippen molar-refractivity contribution in [2.24, 2.45) is 0 Å².